The monoisotopic (exact) mass is 275 g/mol. The summed E-state index contributed by atoms with van der Waals surface area (Å²) in [5.74, 6) is -0.147. The lowest BCUT2D eigenvalue weighted by Crippen LogP contribution is -1.98. The summed E-state index contributed by atoms with van der Waals surface area (Å²) in [4.78, 5) is 19.1. The molecule has 1 fully saturated rings. The van der Waals surface area contributed by atoms with Crippen LogP contribution >= 0.6 is 11.8 Å². The topological polar surface area (TPSA) is 68.0 Å². The van der Waals surface area contributed by atoms with Gasteiger partial charge < -0.3 is 9.67 Å². The molecule has 0 radical (unpaired) electrons. The molecule has 1 saturated carbocycles. The molecule has 98 valence electrons. The third-order valence-electron chi connectivity index (χ3n) is 3.04. The van der Waals surface area contributed by atoms with E-state index in [0.717, 1.165) is 10.8 Å². The first-order valence-electron chi connectivity index (χ1n) is 6.07. The molecule has 2 heterocycles. The van der Waals surface area contributed by atoms with Crippen LogP contribution in [-0.2, 0) is 5.75 Å². The summed E-state index contributed by atoms with van der Waals surface area (Å²) in [6, 6.07) is 3.95. The molecule has 0 aromatic carbocycles. The van der Waals surface area contributed by atoms with Gasteiger partial charge in [0.15, 0.2) is 0 Å². The fraction of sp³-hybridized carbons (Fsp3) is 0.308. The maximum absolute atomic E-state index is 10.7. The number of hydrogen-bond acceptors (Lipinski definition) is 4. The van der Waals surface area contributed by atoms with Crippen molar-refractivity contribution in [1.29, 1.82) is 0 Å². The molecular formula is C13H13N3O2S. The minimum atomic E-state index is -0.948. The zero-order valence-corrected chi connectivity index (χ0v) is 11.0. The van der Waals surface area contributed by atoms with Crippen LogP contribution in [0.25, 0.3) is 0 Å². The van der Waals surface area contributed by atoms with Crippen molar-refractivity contribution in [2.75, 3.05) is 0 Å². The van der Waals surface area contributed by atoms with E-state index in [1.807, 2.05) is 12.5 Å². The highest BCUT2D eigenvalue weighted by molar-refractivity contribution is 7.98. The van der Waals surface area contributed by atoms with Gasteiger partial charge >= 0.3 is 5.97 Å². The number of carboxylic acids is 1. The van der Waals surface area contributed by atoms with Crippen molar-refractivity contribution in [1.82, 2.24) is 14.5 Å². The number of rotatable bonds is 5. The SMILES string of the molecule is O=C(O)c1ccc(SCc2cncn2C2CC2)nc1. The fourth-order valence-electron chi connectivity index (χ4n) is 1.87. The standard InChI is InChI=1S/C13H13N3O2S/c17-13(18)9-1-4-12(15-5-9)19-7-11-6-14-8-16(11)10-2-3-10/h1,4-6,8,10H,2-3,7H2,(H,17,18). The quantitative estimate of drug-likeness (QED) is 0.849. The van der Waals surface area contributed by atoms with Crippen molar-refractivity contribution in [2.45, 2.75) is 29.7 Å². The van der Waals surface area contributed by atoms with Crippen LogP contribution in [0.1, 0.15) is 34.9 Å². The Morgan fingerprint density at radius 2 is 2.26 bits per heavy atom. The van der Waals surface area contributed by atoms with Crippen molar-refractivity contribution >= 4 is 17.7 Å². The predicted molar refractivity (Wildman–Crippen MR) is 71.3 cm³/mol. The van der Waals surface area contributed by atoms with E-state index >= 15 is 0 Å². The summed E-state index contributed by atoms with van der Waals surface area (Å²) in [6.07, 6.45) is 7.63. The van der Waals surface area contributed by atoms with Crippen LogP contribution < -0.4 is 0 Å². The second-order valence-electron chi connectivity index (χ2n) is 4.50. The summed E-state index contributed by atoms with van der Waals surface area (Å²) < 4.78 is 2.22. The highest BCUT2D eigenvalue weighted by atomic mass is 32.2. The number of aromatic nitrogens is 3. The van der Waals surface area contributed by atoms with Crippen LogP contribution in [0.4, 0.5) is 0 Å². The highest BCUT2D eigenvalue weighted by Crippen LogP contribution is 2.36. The fourth-order valence-corrected chi connectivity index (χ4v) is 2.68. The molecule has 0 amide bonds. The van der Waals surface area contributed by atoms with E-state index in [1.54, 1.807) is 23.9 Å². The van der Waals surface area contributed by atoms with E-state index < -0.39 is 5.97 Å². The normalized spacial score (nSPS) is 14.5. The van der Waals surface area contributed by atoms with Gasteiger partial charge in [0.05, 0.1) is 16.9 Å². The Balaban J connectivity index is 1.65. The zero-order valence-electron chi connectivity index (χ0n) is 10.2. The highest BCUT2D eigenvalue weighted by Gasteiger charge is 2.25. The van der Waals surface area contributed by atoms with E-state index in [-0.39, 0.29) is 5.56 Å². The summed E-state index contributed by atoms with van der Waals surface area (Å²) in [5, 5.41) is 9.63. The van der Waals surface area contributed by atoms with Crippen molar-refractivity contribution in [3.63, 3.8) is 0 Å². The van der Waals surface area contributed by atoms with Gasteiger partial charge in [0.25, 0.3) is 0 Å². The second-order valence-corrected chi connectivity index (χ2v) is 5.50. The first-order valence-corrected chi connectivity index (χ1v) is 7.05. The molecule has 0 unspecified atom stereocenters. The Morgan fingerprint density at radius 3 is 2.89 bits per heavy atom. The molecule has 1 aliphatic rings. The molecule has 0 spiro atoms. The van der Waals surface area contributed by atoms with Gasteiger partial charge in [-0.05, 0) is 25.0 Å². The number of thioether (sulfide) groups is 1. The van der Waals surface area contributed by atoms with E-state index in [0.29, 0.717) is 6.04 Å². The maximum Gasteiger partial charge on any atom is 0.337 e. The third kappa shape index (κ3) is 2.78. The van der Waals surface area contributed by atoms with Crippen molar-refractivity contribution in [3.05, 3.63) is 42.1 Å². The summed E-state index contributed by atoms with van der Waals surface area (Å²) in [7, 11) is 0. The minimum Gasteiger partial charge on any atom is -0.478 e. The van der Waals surface area contributed by atoms with Crippen LogP contribution in [0.2, 0.25) is 0 Å². The largest absolute Gasteiger partial charge is 0.478 e. The van der Waals surface area contributed by atoms with Gasteiger partial charge in [-0.1, -0.05) is 0 Å². The zero-order chi connectivity index (χ0) is 13.2. The molecule has 2 aromatic heterocycles. The molecular weight excluding hydrogens is 262 g/mol. The molecule has 0 aliphatic heterocycles. The minimum absolute atomic E-state index is 0.215. The lowest BCUT2D eigenvalue weighted by atomic mass is 10.3. The molecule has 1 aliphatic carbocycles. The predicted octanol–water partition coefficient (Wildman–Crippen LogP) is 2.60. The number of carboxylic acid groups (broad SMARTS) is 1. The van der Waals surface area contributed by atoms with Gasteiger partial charge in [-0.15, -0.1) is 11.8 Å². The summed E-state index contributed by atoms with van der Waals surface area (Å²) in [5.41, 5.74) is 1.41. The first-order chi connectivity index (χ1) is 9.24. The van der Waals surface area contributed by atoms with Crippen molar-refractivity contribution in [2.24, 2.45) is 0 Å². The lowest BCUT2D eigenvalue weighted by Gasteiger charge is -2.05. The lowest BCUT2D eigenvalue weighted by molar-refractivity contribution is 0.0696. The van der Waals surface area contributed by atoms with Crippen LogP contribution in [0.15, 0.2) is 35.9 Å². The molecule has 0 bridgehead atoms. The van der Waals surface area contributed by atoms with E-state index in [2.05, 4.69) is 14.5 Å². The summed E-state index contributed by atoms with van der Waals surface area (Å²) >= 11 is 1.59. The van der Waals surface area contributed by atoms with Gasteiger partial charge in [0.2, 0.25) is 0 Å². The Morgan fingerprint density at radius 1 is 1.42 bits per heavy atom. The average molecular weight is 275 g/mol. The third-order valence-corrected chi connectivity index (χ3v) is 4.02. The number of carbonyl (C=O) groups is 1. The number of pyridine rings is 1. The van der Waals surface area contributed by atoms with Gasteiger partial charge in [0.1, 0.15) is 0 Å². The Kier molecular flexibility index (Phi) is 3.25. The average Bonchev–Trinajstić information content (AvgIpc) is 3.16. The maximum atomic E-state index is 10.7. The Bertz CT molecular complexity index is 590. The van der Waals surface area contributed by atoms with E-state index in [4.69, 9.17) is 5.11 Å². The molecule has 3 rings (SSSR count). The van der Waals surface area contributed by atoms with Crippen molar-refractivity contribution in [3.8, 4) is 0 Å². The Hall–Kier alpha value is -1.82. The van der Waals surface area contributed by atoms with Crippen molar-refractivity contribution < 1.29 is 9.90 Å². The molecule has 19 heavy (non-hydrogen) atoms. The van der Waals surface area contributed by atoms with Crippen LogP contribution in [0, 0.1) is 0 Å². The number of aromatic carboxylic acids is 1. The number of nitrogens with zero attached hydrogens (tertiary/aromatic N) is 3. The second kappa shape index (κ2) is 5.05. The van der Waals surface area contributed by atoms with Gasteiger partial charge in [0, 0.05) is 29.9 Å². The van der Waals surface area contributed by atoms with E-state index in [1.165, 1.54) is 24.7 Å². The smallest absolute Gasteiger partial charge is 0.337 e. The summed E-state index contributed by atoms with van der Waals surface area (Å²) in [6.45, 7) is 0. The number of imidazole rings is 1. The molecule has 1 N–H and O–H groups in total. The molecule has 2 aromatic rings. The molecule has 5 nitrogen and oxygen atoms in total. The number of hydrogen-bond donors (Lipinski definition) is 1. The van der Waals surface area contributed by atoms with Gasteiger partial charge in [-0.3, -0.25) is 0 Å². The Labute approximate surface area is 114 Å². The van der Waals surface area contributed by atoms with Gasteiger partial charge in [-0.25, -0.2) is 14.8 Å². The van der Waals surface area contributed by atoms with Crippen LogP contribution in [0.5, 0.6) is 0 Å². The van der Waals surface area contributed by atoms with Gasteiger partial charge in [-0.2, -0.15) is 0 Å². The van der Waals surface area contributed by atoms with E-state index in [9.17, 15) is 4.79 Å². The molecule has 0 saturated heterocycles. The van der Waals surface area contributed by atoms with Crippen LogP contribution in [0.3, 0.4) is 0 Å². The molecule has 6 heteroatoms. The van der Waals surface area contributed by atoms with Crippen LogP contribution in [-0.4, -0.2) is 25.6 Å². The first kappa shape index (κ1) is 12.2. The molecule has 0 atom stereocenters.